The summed E-state index contributed by atoms with van der Waals surface area (Å²) in [7, 11) is 1.61. The van der Waals surface area contributed by atoms with Crippen molar-refractivity contribution < 1.29 is 18.6 Å². The SMILES string of the molecule is CCCCOCCCNCc1ccc(OCc2ccccc2F)c(OC)c1. The molecule has 0 amide bonds. The molecule has 2 rings (SSSR count). The van der Waals surface area contributed by atoms with E-state index in [4.69, 9.17) is 14.2 Å². The highest BCUT2D eigenvalue weighted by atomic mass is 19.1. The number of ether oxygens (including phenoxy) is 3. The number of methoxy groups -OCH3 is 1. The molecule has 0 bridgehead atoms. The van der Waals surface area contributed by atoms with Gasteiger partial charge in [-0.1, -0.05) is 37.6 Å². The molecule has 0 aromatic heterocycles. The lowest BCUT2D eigenvalue weighted by atomic mass is 10.2. The first-order valence-corrected chi connectivity index (χ1v) is 9.56. The molecule has 0 heterocycles. The zero-order valence-corrected chi connectivity index (χ0v) is 16.3. The number of rotatable bonds is 13. The van der Waals surface area contributed by atoms with Crippen molar-refractivity contribution in [2.75, 3.05) is 26.9 Å². The fourth-order valence-corrected chi connectivity index (χ4v) is 2.59. The Hall–Kier alpha value is -2.11. The standard InChI is InChI=1S/C22H30FNO3/c1-3-4-13-26-14-7-12-24-16-18-10-11-21(22(15-18)25-2)27-17-19-8-5-6-9-20(19)23/h5-6,8-11,15,24H,3-4,7,12-14,16-17H2,1-2H3. The Morgan fingerprint density at radius 2 is 1.81 bits per heavy atom. The van der Waals surface area contributed by atoms with E-state index in [2.05, 4.69) is 12.2 Å². The molecule has 0 saturated carbocycles. The average Bonchev–Trinajstić information content (AvgIpc) is 2.69. The molecule has 148 valence electrons. The van der Waals surface area contributed by atoms with Crippen molar-refractivity contribution in [3.8, 4) is 11.5 Å². The molecule has 4 nitrogen and oxygen atoms in total. The quantitative estimate of drug-likeness (QED) is 0.515. The van der Waals surface area contributed by atoms with Gasteiger partial charge < -0.3 is 19.5 Å². The number of halogens is 1. The fraction of sp³-hybridized carbons (Fsp3) is 0.455. The van der Waals surface area contributed by atoms with E-state index in [9.17, 15) is 4.39 Å². The summed E-state index contributed by atoms with van der Waals surface area (Å²) in [4.78, 5) is 0. The number of benzene rings is 2. The van der Waals surface area contributed by atoms with Gasteiger partial charge in [-0.05, 0) is 43.1 Å². The molecule has 0 aliphatic rings. The normalized spacial score (nSPS) is 10.8. The zero-order chi connectivity index (χ0) is 19.3. The summed E-state index contributed by atoms with van der Waals surface area (Å²) in [6.07, 6.45) is 3.28. The predicted octanol–water partition coefficient (Wildman–Crippen LogP) is 4.71. The van der Waals surface area contributed by atoms with E-state index in [1.54, 1.807) is 25.3 Å². The largest absolute Gasteiger partial charge is 0.493 e. The van der Waals surface area contributed by atoms with Gasteiger partial charge in [-0.15, -0.1) is 0 Å². The van der Waals surface area contributed by atoms with Crippen LogP contribution in [0.4, 0.5) is 4.39 Å². The monoisotopic (exact) mass is 375 g/mol. The van der Waals surface area contributed by atoms with Crippen LogP contribution in [0, 0.1) is 5.82 Å². The van der Waals surface area contributed by atoms with E-state index in [-0.39, 0.29) is 12.4 Å². The summed E-state index contributed by atoms with van der Waals surface area (Å²) < 4.78 is 30.4. The van der Waals surface area contributed by atoms with E-state index in [1.165, 1.54) is 12.5 Å². The lowest BCUT2D eigenvalue weighted by Crippen LogP contribution is -2.16. The molecule has 0 radical (unpaired) electrons. The van der Waals surface area contributed by atoms with Gasteiger partial charge in [0, 0.05) is 25.3 Å². The summed E-state index contributed by atoms with van der Waals surface area (Å²) >= 11 is 0. The second kappa shape index (κ2) is 12.3. The van der Waals surface area contributed by atoms with Gasteiger partial charge in [-0.25, -0.2) is 4.39 Å². The van der Waals surface area contributed by atoms with Crippen LogP contribution < -0.4 is 14.8 Å². The van der Waals surface area contributed by atoms with Crippen molar-refractivity contribution in [3.63, 3.8) is 0 Å². The third kappa shape index (κ3) is 7.57. The van der Waals surface area contributed by atoms with Crippen LogP contribution in [0.25, 0.3) is 0 Å². The van der Waals surface area contributed by atoms with Gasteiger partial charge in [0.25, 0.3) is 0 Å². The highest BCUT2D eigenvalue weighted by molar-refractivity contribution is 5.43. The first kappa shape index (κ1) is 21.2. The molecule has 27 heavy (non-hydrogen) atoms. The molecule has 0 fully saturated rings. The summed E-state index contributed by atoms with van der Waals surface area (Å²) in [6, 6.07) is 12.4. The Morgan fingerprint density at radius 1 is 1.00 bits per heavy atom. The highest BCUT2D eigenvalue weighted by Gasteiger charge is 2.08. The molecule has 0 spiro atoms. The molecule has 0 atom stereocenters. The van der Waals surface area contributed by atoms with Gasteiger partial charge in [-0.3, -0.25) is 0 Å². The Balaban J connectivity index is 1.77. The first-order valence-electron chi connectivity index (χ1n) is 9.56. The average molecular weight is 375 g/mol. The molecule has 5 heteroatoms. The smallest absolute Gasteiger partial charge is 0.161 e. The lowest BCUT2D eigenvalue weighted by molar-refractivity contribution is 0.129. The summed E-state index contributed by atoms with van der Waals surface area (Å²) in [6.45, 7) is 5.62. The van der Waals surface area contributed by atoms with Crippen molar-refractivity contribution in [2.24, 2.45) is 0 Å². The van der Waals surface area contributed by atoms with E-state index < -0.39 is 0 Å². The van der Waals surface area contributed by atoms with Crippen LogP contribution >= 0.6 is 0 Å². The van der Waals surface area contributed by atoms with Crippen LogP contribution in [0.2, 0.25) is 0 Å². The summed E-state index contributed by atoms with van der Waals surface area (Å²) in [5.74, 6) is 0.985. The van der Waals surface area contributed by atoms with Gasteiger partial charge in [0.05, 0.1) is 7.11 Å². The predicted molar refractivity (Wildman–Crippen MR) is 106 cm³/mol. The van der Waals surface area contributed by atoms with Crippen molar-refractivity contribution in [1.29, 1.82) is 0 Å². The topological polar surface area (TPSA) is 39.7 Å². The third-order valence-electron chi connectivity index (χ3n) is 4.18. The van der Waals surface area contributed by atoms with Crippen LogP contribution in [-0.2, 0) is 17.9 Å². The minimum atomic E-state index is -0.268. The van der Waals surface area contributed by atoms with E-state index >= 15 is 0 Å². The Kier molecular flexibility index (Phi) is 9.66. The second-order valence-corrected chi connectivity index (χ2v) is 6.36. The van der Waals surface area contributed by atoms with E-state index in [1.807, 2.05) is 18.2 Å². The van der Waals surface area contributed by atoms with Crippen LogP contribution in [0.15, 0.2) is 42.5 Å². The summed E-state index contributed by atoms with van der Waals surface area (Å²) in [5, 5.41) is 3.40. The number of nitrogens with one attached hydrogen (secondary N) is 1. The lowest BCUT2D eigenvalue weighted by Gasteiger charge is -2.13. The minimum Gasteiger partial charge on any atom is -0.493 e. The maximum absolute atomic E-state index is 13.7. The van der Waals surface area contributed by atoms with Gasteiger partial charge in [-0.2, -0.15) is 0 Å². The van der Waals surface area contributed by atoms with Crippen molar-refractivity contribution in [1.82, 2.24) is 5.32 Å². The van der Waals surface area contributed by atoms with E-state index in [0.717, 1.165) is 44.7 Å². The van der Waals surface area contributed by atoms with Crippen LogP contribution in [0.3, 0.4) is 0 Å². The molecule has 0 aliphatic carbocycles. The van der Waals surface area contributed by atoms with Crippen LogP contribution in [0.5, 0.6) is 11.5 Å². The van der Waals surface area contributed by atoms with Crippen molar-refractivity contribution in [2.45, 2.75) is 39.3 Å². The molecule has 0 saturated heterocycles. The Labute approximate surface area is 161 Å². The minimum absolute atomic E-state index is 0.165. The van der Waals surface area contributed by atoms with Crippen LogP contribution in [-0.4, -0.2) is 26.9 Å². The summed E-state index contributed by atoms with van der Waals surface area (Å²) in [5.41, 5.74) is 1.63. The Bertz CT molecular complexity index is 678. The van der Waals surface area contributed by atoms with Gasteiger partial charge in [0.15, 0.2) is 11.5 Å². The molecule has 2 aromatic carbocycles. The van der Waals surface area contributed by atoms with Crippen LogP contribution in [0.1, 0.15) is 37.3 Å². The highest BCUT2D eigenvalue weighted by Crippen LogP contribution is 2.29. The molecule has 2 aromatic rings. The maximum atomic E-state index is 13.7. The van der Waals surface area contributed by atoms with Gasteiger partial charge >= 0.3 is 0 Å². The molecule has 0 unspecified atom stereocenters. The molecular weight excluding hydrogens is 345 g/mol. The zero-order valence-electron chi connectivity index (χ0n) is 16.3. The number of hydrogen-bond acceptors (Lipinski definition) is 4. The fourth-order valence-electron chi connectivity index (χ4n) is 2.59. The molecule has 0 aliphatic heterocycles. The molecular formula is C22H30FNO3. The van der Waals surface area contributed by atoms with Gasteiger partial charge in [0.1, 0.15) is 12.4 Å². The van der Waals surface area contributed by atoms with Crippen molar-refractivity contribution >= 4 is 0 Å². The van der Waals surface area contributed by atoms with E-state index in [0.29, 0.717) is 17.1 Å². The number of hydrogen-bond donors (Lipinski definition) is 1. The molecule has 1 N–H and O–H groups in total. The second-order valence-electron chi connectivity index (χ2n) is 6.36. The third-order valence-corrected chi connectivity index (χ3v) is 4.18. The van der Waals surface area contributed by atoms with Crippen molar-refractivity contribution in [3.05, 3.63) is 59.4 Å². The Morgan fingerprint density at radius 3 is 2.59 bits per heavy atom. The number of unbranched alkanes of at least 4 members (excludes halogenated alkanes) is 1. The maximum Gasteiger partial charge on any atom is 0.161 e. The first-order chi connectivity index (χ1) is 13.2. The van der Waals surface area contributed by atoms with Gasteiger partial charge in [0.2, 0.25) is 0 Å².